The summed E-state index contributed by atoms with van der Waals surface area (Å²) in [5.74, 6) is -3.68. The minimum atomic E-state index is -0.965. The Balaban J connectivity index is 1.27. The average molecular weight is 488 g/mol. The Bertz CT molecular complexity index is 1300. The zero-order valence-electron chi connectivity index (χ0n) is 18.8. The minimum absolute atomic E-state index is 0.0947. The number of carbonyl (C=O) groups is 1. The lowest BCUT2D eigenvalue weighted by Gasteiger charge is -2.40. The van der Waals surface area contributed by atoms with Crippen molar-refractivity contribution in [1.82, 2.24) is 24.7 Å². The van der Waals surface area contributed by atoms with Crippen LogP contribution in [0.1, 0.15) is 23.6 Å². The number of pyridine rings is 1. The Morgan fingerprint density at radius 1 is 1.06 bits per heavy atom. The van der Waals surface area contributed by atoms with Crippen molar-refractivity contribution in [3.05, 3.63) is 64.9 Å². The van der Waals surface area contributed by atoms with Crippen LogP contribution in [0.2, 0.25) is 0 Å². The zero-order valence-corrected chi connectivity index (χ0v) is 18.8. The van der Waals surface area contributed by atoms with Crippen molar-refractivity contribution in [2.24, 2.45) is 12.1 Å². The van der Waals surface area contributed by atoms with Gasteiger partial charge < -0.3 is 9.64 Å². The Hall–Kier alpha value is -3.96. The first kappa shape index (κ1) is 22.8. The van der Waals surface area contributed by atoms with Crippen molar-refractivity contribution in [1.29, 1.82) is 0 Å². The van der Waals surface area contributed by atoms with Crippen LogP contribution in [0.5, 0.6) is 5.88 Å². The molecule has 182 valence electrons. The molecule has 1 saturated heterocycles. The number of hydrogen-bond acceptors (Lipinski definition) is 5. The van der Waals surface area contributed by atoms with E-state index in [0.29, 0.717) is 23.7 Å². The number of aromatic nitrogens is 3. The van der Waals surface area contributed by atoms with Crippen molar-refractivity contribution >= 4 is 12.2 Å². The van der Waals surface area contributed by atoms with Gasteiger partial charge in [0.05, 0.1) is 31.0 Å². The molecule has 2 aromatic heterocycles. The number of nitrogens with zero attached hydrogens (tertiary/aromatic N) is 6. The van der Waals surface area contributed by atoms with E-state index >= 15 is 0 Å². The second-order valence-electron chi connectivity index (χ2n) is 8.43. The van der Waals surface area contributed by atoms with Crippen LogP contribution in [0.4, 0.5) is 22.4 Å². The summed E-state index contributed by atoms with van der Waals surface area (Å²) in [6, 6.07) is 2.66. The maximum Gasteiger partial charge on any atom is 0.341 e. The molecule has 8 nitrogen and oxygen atoms in total. The second kappa shape index (κ2) is 8.67. The van der Waals surface area contributed by atoms with Crippen LogP contribution in [0.15, 0.2) is 35.6 Å². The van der Waals surface area contributed by atoms with Crippen LogP contribution in [0.3, 0.4) is 0 Å². The largest absolute Gasteiger partial charge is 0.468 e. The number of halogens is 4. The van der Waals surface area contributed by atoms with E-state index in [0.717, 1.165) is 23.2 Å². The Labute approximate surface area is 197 Å². The summed E-state index contributed by atoms with van der Waals surface area (Å²) in [5.41, 5.74) is 1.25. The molecular weight excluding hydrogens is 468 g/mol. The van der Waals surface area contributed by atoms with E-state index < -0.39 is 41.4 Å². The lowest BCUT2D eigenvalue weighted by Crippen LogP contribution is -2.59. The third kappa shape index (κ3) is 4.19. The molecular formula is C23H20F4N6O2. The average Bonchev–Trinajstić information content (AvgIpc) is 3.38. The number of hydrogen-bond donors (Lipinski definition) is 0. The quantitative estimate of drug-likeness (QED) is 0.521. The monoisotopic (exact) mass is 488 g/mol. The highest BCUT2D eigenvalue weighted by molar-refractivity contribution is 5.79. The van der Waals surface area contributed by atoms with Crippen molar-refractivity contribution in [3.63, 3.8) is 0 Å². The van der Waals surface area contributed by atoms with Crippen molar-refractivity contribution in [2.75, 3.05) is 13.1 Å². The molecule has 1 aromatic carbocycles. The van der Waals surface area contributed by atoms with Gasteiger partial charge in [-0.25, -0.2) is 32.3 Å². The predicted molar refractivity (Wildman–Crippen MR) is 117 cm³/mol. The van der Waals surface area contributed by atoms with E-state index in [2.05, 4.69) is 15.2 Å². The van der Waals surface area contributed by atoms with Crippen LogP contribution >= 0.6 is 0 Å². The summed E-state index contributed by atoms with van der Waals surface area (Å²) in [5, 5.41) is 9.26. The fourth-order valence-electron chi connectivity index (χ4n) is 4.20. The summed E-state index contributed by atoms with van der Waals surface area (Å²) < 4.78 is 63.2. The number of ether oxygens (including phenoxy) is 1. The Morgan fingerprint density at radius 3 is 2.43 bits per heavy atom. The van der Waals surface area contributed by atoms with E-state index in [1.54, 1.807) is 20.2 Å². The fraction of sp³-hybridized carbons (Fsp3) is 0.304. The molecule has 1 atom stereocenters. The molecule has 2 aliphatic rings. The third-order valence-corrected chi connectivity index (χ3v) is 5.94. The van der Waals surface area contributed by atoms with Crippen molar-refractivity contribution in [2.45, 2.75) is 25.5 Å². The molecule has 2 amide bonds. The highest BCUT2D eigenvalue weighted by Gasteiger charge is 2.39. The number of likely N-dealkylation sites (tertiary alicyclic amines) is 1. The van der Waals surface area contributed by atoms with E-state index in [1.807, 2.05) is 0 Å². The van der Waals surface area contributed by atoms with Crippen LogP contribution in [0, 0.1) is 30.2 Å². The topological polar surface area (TPSA) is 75.8 Å². The maximum atomic E-state index is 14.4. The number of carbonyl (C=O) groups excluding carboxylic acids is 1. The second-order valence-corrected chi connectivity index (χ2v) is 8.43. The van der Waals surface area contributed by atoms with Crippen molar-refractivity contribution in [3.8, 4) is 17.3 Å². The van der Waals surface area contributed by atoms with Gasteiger partial charge in [-0.15, -0.1) is 0 Å². The molecule has 0 spiro atoms. The van der Waals surface area contributed by atoms with Gasteiger partial charge in [-0.05, 0) is 30.2 Å². The van der Waals surface area contributed by atoms with E-state index in [1.165, 1.54) is 15.8 Å². The summed E-state index contributed by atoms with van der Waals surface area (Å²) in [7, 11) is 1.62. The molecule has 12 heteroatoms. The molecule has 4 heterocycles. The summed E-state index contributed by atoms with van der Waals surface area (Å²) in [6.45, 7) is 1.94. The Kier molecular flexibility index (Phi) is 5.65. The predicted octanol–water partition coefficient (Wildman–Crippen LogP) is 3.96. The lowest BCUT2D eigenvalue weighted by atomic mass is 10.0. The first-order valence-electron chi connectivity index (χ1n) is 10.8. The molecule has 2 aliphatic heterocycles. The summed E-state index contributed by atoms with van der Waals surface area (Å²) in [6.07, 6.45) is 2.77. The van der Waals surface area contributed by atoms with Gasteiger partial charge in [0.1, 0.15) is 23.4 Å². The van der Waals surface area contributed by atoms with Gasteiger partial charge in [-0.3, -0.25) is 4.68 Å². The molecule has 1 fully saturated rings. The first-order chi connectivity index (χ1) is 16.7. The Morgan fingerprint density at radius 2 is 1.77 bits per heavy atom. The van der Waals surface area contributed by atoms with Gasteiger partial charge in [-0.2, -0.15) is 10.2 Å². The first-order valence-corrected chi connectivity index (χ1v) is 10.8. The van der Waals surface area contributed by atoms with Crippen LogP contribution in [-0.2, 0) is 7.05 Å². The maximum absolute atomic E-state index is 14.4. The van der Waals surface area contributed by atoms with E-state index in [-0.39, 0.29) is 30.2 Å². The zero-order chi connectivity index (χ0) is 24.9. The third-order valence-electron chi connectivity index (χ3n) is 5.94. The van der Waals surface area contributed by atoms with E-state index in [4.69, 9.17) is 4.74 Å². The molecule has 35 heavy (non-hydrogen) atoms. The number of hydrazone groups is 1. The summed E-state index contributed by atoms with van der Waals surface area (Å²) >= 11 is 0. The molecule has 0 N–H and O–H groups in total. The SMILES string of the molecule is Cc1cnn(C)c1-c1nc(OC2CN(C(=O)N3N=CC[C@H]3c3cc(F)cc(F)c3)C2)c(F)cc1F. The van der Waals surface area contributed by atoms with Crippen LogP contribution in [-0.4, -0.2) is 56.1 Å². The van der Waals surface area contributed by atoms with E-state index in [9.17, 15) is 22.4 Å². The molecule has 0 bridgehead atoms. The molecule has 0 radical (unpaired) electrons. The highest BCUT2D eigenvalue weighted by atomic mass is 19.1. The summed E-state index contributed by atoms with van der Waals surface area (Å²) in [4.78, 5) is 18.4. The number of amides is 2. The molecule has 0 saturated carbocycles. The normalized spacial score (nSPS) is 17.7. The van der Waals surface area contributed by atoms with Gasteiger partial charge in [0, 0.05) is 31.8 Å². The number of urea groups is 1. The molecule has 0 aliphatic carbocycles. The molecule has 0 unspecified atom stereocenters. The number of rotatable bonds is 4. The minimum Gasteiger partial charge on any atom is -0.468 e. The molecule has 3 aromatic rings. The smallest absolute Gasteiger partial charge is 0.341 e. The fourth-order valence-corrected chi connectivity index (χ4v) is 4.20. The van der Waals surface area contributed by atoms with Crippen LogP contribution < -0.4 is 4.74 Å². The van der Waals surface area contributed by atoms with Gasteiger partial charge in [-0.1, -0.05) is 0 Å². The number of benzene rings is 1. The molecule has 5 rings (SSSR count). The van der Waals surface area contributed by atoms with Gasteiger partial charge >= 0.3 is 6.03 Å². The number of aryl methyl sites for hydroxylation is 2. The standard InChI is InChI=1S/C23H20F4N6O2/c1-12-9-29-31(2)21(12)20-17(26)8-18(27)22(30-20)35-16-10-32(11-16)23(34)33-19(3-4-28-33)13-5-14(24)7-15(25)6-13/h4-9,16,19H,3,10-11H2,1-2H3/t19-/m0/s1. The van der Waals surface area contributed by atoms with Gasteiger partial charge in [0.15, 0.2) is 11.6 Å². The van der Waals surface area contributed by atoms with Crippen molar-refractivity contribution < 1.29 is 27.1 Å². The highest BCUT2D eigenvalue weighted by Crippen LogP contribution is 2.32. The lowest BCUT2D eigenvalue weighted by molar-refractivity contribution is 0.0230. The van der Waals surface area contributed by atoms with Gasteiger partial charge in [0.2, 0.25) is 0 Å². The van der Waals surface area contributed by atoms with Gasteiger partial charge in [0.25, 0.3) is 5.88 Å². The van der Waals surface area contributed by atoms with Crippen LogP contribution in [0.25, 0.3) is 11.4 Å².